The Labute approximate surface area is 130 Å². The second kappa shape index (κ2) is 5.94. The van der Waals surface area contributed by atoms with Crippen molar-refractivity contribution in [2.24, 2.45) is 16.9 Å². The molecule has 0 spiro atoms. The number of primary amides is 2. The van der Waals surface area contributed by atoms with Crippen molar-refractivity contribution < 1.29 is 9.59 Å². The molecule has 120 valence electrons. The van der Waals surface area contributed by atoms with E-state index in [1.54, 1.807) is 6.07 Å². The molecule has 1 aliphatic rings. The smallest absolute Gasteiger partial charge is 0.252 e. The Kier molecular flexibility index (Phi) is 4.39. The minimum Gasteiger partial charge on any atom is -0.369 e. The van der Waals surface area contributed by atoms with Gasteiger partial charge in [0.15, 0.2) is 0 Å². The van der Waals surface area contributed by atoms with E-state index in [9.17, 15) is 9.59 Å². The van der Waals surface area contributed by atoms with Crippen LogP contribution >= 0.6 is 0 Å². The predicted molar refractivity (Wildman–Crippen MR) is 85.6 cm³/mol. The van der Waals surface area contributed by atoms with Gasteiger partial charge in [0.2, 0.25) is 5.91 Å². The van der Waals surface area contributed by atoms with E-state index in [0.717, 1.165) is 30.6 Å². The first-order chi connectivity index (χ1) is 10.3. The molecule has 2 rings (SSSR count). The van der Waals surface area contributed by atoms with Gasteiger partial charge in [-0.15, -0.1) is 0 Å². The Morgan fingerprint density at radius 3 is 2.59 bits per heavy atom. The summed E-state index contributed by atoms with van der Waals surface area (Å²) in [6.07, 6.45) is 2.28. The van der Waals surface area contributed by atoms with Crippen molar-refractivity contribution in [3.8, 4) is 0 Å². The number of amides is 2. The van der Waals surface area contributed by atoms with Gasteiger partial charge in [-0.3, -0.25) is 9.59 Å². The van der Waals surface area contributed by atoms with Crippen LogP contribution in [0.2, 0.25) is 0 Å². The summed E-state index contributed by atoms with van der Waals surface area (Å²) < 4.78 is 0. The Hall–Kier alpha value is -2.11. The van der Waals surface area contributed by atoms with Crippen molar-refractivity contribution in [1.82, 2.24) is 4.98 Å². The number of aryl methyl sites for hydroxylation is 2. The molecule has 1 aliphatic heterocycles. The Bertz CT molecular complexity index is 614. The van der Waals surface area contributed by atoms with E-state index in [0.29, 0.717) is 24.3 Å². The Morgan fingerprint density at radius 1 is 1.36 bits per heavy atom. The van der Waals surface area contributed by atoms with Gasteiger partial charge in [0.25, 0.3) is 5.91 Å². The van der Waals surface area contributed by atoms with Crippen LogP contribution < -0.4 is 16.4 Å². The van der Waals surface area contributed by atoms with Gasteiger partial charge in [-0.05, 0) is 44.7 Å². The van der Waals surface area contributed by atoms with E-state index in [-0.39, 0.29) is 5.91 Å². The number of piperidine rings is 1. The third-order valence-electron chi connectivity index (χ3n) is 4.79. The standard InChI is InChI=1S/C16H24N4O2/c1-4-16(15(18)22)6-5-7-20(9-16)14-12(13(17)21)8-10(2)11(3)19-14/h8H,4-7,9H2,1-3H3,(H2,17,21)(H2,18,22). The number of aromatic nitrogens is 1. The normalized spacial score (nSPS) is 21.7. The van der Waals surface area contributed by atoms with Crippen LogP contribution in [0.1, 0.15) is 47.8 Å². The van der Waals surface area contributed by atoms with Crippen molar-refractivity contribution >= 4 is 17.6 Å². The van der Waals surface area contributed by atoms with Crippen molar-refractivity contribution in [1.29, 1.82) is 0 Å². The van der Waals surface area contributed by atoms with Crippen LogP contribution in [0.3, 0.4) is 0 Å². The highest BCUT2D eigenvalue weighted by Crippen LogP contribution is 2.36. The van der Waals surface area contributed by atoms with E-state index in [4.69, 9.17) is 11.5 Å². The fourth-order valence-electron chi connectivity index (χ4n) is 3.09. The first kappa shape index (κ1) is 16.3. The van der Waals surface area contributed by atoms with Gasteiger partial charge in [0.1, 0.15) is 5.82 Å². The molecule has 4 N–H and O–H groups in total. The Morgan fingerprint density at radius 2 is 2.05 bits per heavy atom. The lowest BCUT2D eigenvalue weighted by Gasteiger charge is -2.41. The van der Waals surface area contributed by atoms with Crippen LogP contribution in [-0.4, -0.2) is 29.9 Å². The predicted octanol–water partition coefficient (Wildman–Crippen LogP) is 1.28. The highest BCUT2D eigenvalue weighted by atomic mass is 16.1. The average molecular weight is 304 g/mol. The summed E-state index contributed by atoms with van der Waals surface area (Å²) >= 11 is 0. The number of nitrogens with zero attached hydrogens (tertiary/aromatic N) is 2. The summed E-state index contributed by atoms with van der Waals surface area (Å²) in [6.45, 7) is 6.99. The quantitative estimate of drug-likeness (QED) is 0.874. The van der Waals surface area contributed by atoms with Crippen molar-refractivity contribution in [3.63, 3.8) is 0 Å². The molecule has 0 saturated carbocycles. The second-order valence-electron chi connectivity index (χ2n) is 6.15. The first-order valence-electron chi connectivity index (χ1n) is 7.63. The molecule has 1 fully saturated rings. The van der Waals surface area contributed by atoms with Crippen LogP contribution in [0, 0.1) is 19.3 Å². The van der Waals surface area contributed by atoms with Crippen molar-refractivity contribution in [3.05, 3.63) is 22.9 Å². The monoisotopic (exact) mass is 304 g/mol. The van der Waals surface area contributed by atoms with Gasteiger partial charge in [-0.2, -0.15) is 0 Å². The van der Waals surface area contributed by atoms with Crippen LogP contribution in [-0.2, 0) is 4.79 Å². The van der Waals surface area contributed by atoms with Gasteiger partial charge in [-0.25, -0.2) is 4.98 Å². The fourth-order valence-corrected chi connectivity index (χ4v) is 3.09. The van der Waals surface area contributed by atoms with E-state index in [1.807, 2.05) is 25.7 Å². The molecular weight excluding hydrogens is 280 g/mol. The van der Waals surface area contributed by atoms with Gasteiger partial charge in [0.05, 0.1) is 11.0 Å². The zero-order valence-corrected chi connectivity index (χ0v) is 13.5. The van der Waals surface area contributed by atoms with Crippen LogP contribution in [0.4, 0.5) is 5.82 Å². The highest BCUT2D eigenvalue weighted by Gasteiger charge is 2.40. The first-order valence-corrected chi connectivity index (χ1v) is 7.63. The van der Waals surface area contributed by atoms with Gasteiger partial charge < -0.3 is 16.4 Å². The third kappa shape index (κ3) is 2.77. The molecule has 2 amide bonds. The number of nitrogens with two attached hydrogens (primary N) is 2. The second-order valence-corrected chi connectivity index (χ2v) is 6.15. The van der Waals surface area contributed by atoms with E-state index in [1.165, 1.54) is 0 Å². The number of pyridine rings is 1. The lowest BCUT2D eigenvalue weighted by Crippen LogP contribution is -2.51. The number of rotatable bonds is 4. The summed E-state index contributed by atoms with van der Waals surface area (Å²) in [5.41, 5.74) is 12.7. The molecule has 1 atom stereocenters. The summed E-state index contributed by atoms with van der Waals surface area (Å²) in [5.74, 6) is -0.226. The molecule has 0 bridgehead atoms. The maximum atomic E-state index is 11.9. The molecule has 6 heteroatoms. The van der Waals surface area contributed by atoms with Crippen LogP contribution in [0.15, 0.2) is 6.07 Å². The maximum absolute atomic E-state index is 11.9. The van der Waals surface area contributed by atoms with Crippen LogP contribution in [0.5, 0.6) is 0 Å². The summed E-state index contributed by atoms with van der Waals surface area (Å²) in [5, 5.41) is 0. The van der Waals surface area contributed by atoms with E-state index < -0.39 is 11.3 Å². The molecular formula is C16H24N4O2. The minimum absolute atomic E-state index is 0.288. The molecule has 0 aliphatic carbocycles. The molecule has 0 radical (unpaired) electrons. The maximum Gasteiger partial charge on any atom is 0.252 e. The third-order valence-corrected chi connectivity index (χ3v) is 4.79. The molecule has 0 aromatic carbocycles. The number of carbonyl (C=O) groups is 2. The number of anilines is 1. The summed E-state index contributed by atoms with van der Waals surface area (Å²) in [4.78, 5) is 30.2. The minimum atomic E-state index is -0.562. The van der Waals surface area contributed by atoms with Crippen molar-refractivity contribution in [2.45, 2.75) is 40.0 Å². The summed E-state index contributed by atoms with van der Waals surface area (Å²) in [7, 11) is 0. The molecule has 6 nitrogen and oxygen atoms in total. The zero-order valence-electron chi connectivity index (χ0n) is 13.5. The highest BCUT2D eigenvalue weighted by molar-refractivity contribution is 5.98. The fraction of sp³-hybridized carbons (Fsp3) is 0.562. The molecule has 22 heavy (non-hydrogen) atoms. The number of carbonyl (C=O) groups excluding carboxylic acids is 2. The largest absolute Gasteiger partial charge is 0.369 e. The van der Waals surface area contributed by atoms with Gasteiger partial charge >= 0.3 is 0 Å². The molecule has 1 unspecified atom stereocenters. The number of hydrogen-bond acceptors (Lipinski definition) is 4. The lowest BCUT2D eigenvalue weighted by atomic mass is 9.77. The SMILES string of the molecule is CCC1(C(N)=O)CCCN(c2nc(C)c(C)cc2C(N)=O)C1. The van der Waals surface area contributed by atoms with E-state index in [2.05, 4.69) is 4.98 Å². The number of hydrogen-bond donors (Lipinski definition) is 2. The molecule has 1 aromatic heterocycles. The average Bonchev–Trinajstić information content (AvgIpc) is 2.49. The molecule has 2 heterocycles. The molecule has 1 aromatic rings. The van der Waals surface area contributed by atoms with Gasteiger partial charge in [-0.1, -0.05) is 6.92 Å². The Balaban J connectivity index is 2.45. The summed E-state index contributed by atoms with van der Waals surface area (Å²) in [6, 6.07) is 1.77. The van der Waals surface area contributed by atoms with E-state index >= 15 is 0 Å². The topological polar surface area (TPSA) is 102 Å². The van der Waals surface area contributed by atoms with Crippen molar-refractivity contribution in [2.75, 3.05) is 18.0 Å². The zero-order chi connectivity index (χ0) is 16.5. The molecule has 1 saturated heterocycles. The van der Waals surface area contributed by atoms with Crippen LogP contribution in [0.25, 0.3) is 0 Å². The van der Waals surface area contributed by atoms with Gasteiger partial charge in [0, 0.05) is 18.8 Å². The lowest BCUT2D eigenvalue weighted by molar-refractivity contribution is -0.128.